The van der Waals surface area contributed by atoms with Crippen LogP contribution in [0.2, 0.25) is 5.02 Å². The Kier molecular flexibility index (Phi) is 3.62. The van der Waals surface area contributed by atoms with Crippen LogP contribution in [-0.4, -0.2) is 9.55 Å². The van der Waals surface area contributed by atoms with Gasteiger partial charge in [-0.25, -0.2) is 0 Å². The smallest absolute Gasteiger partial charge is 0.273 e. The standard InChI is InChI=1S/C14H13ClN2OS/c15-11-3-1-10(2-4-11)9-19-14-16-13(18)7-8-17(14)12-5-6-12/h1-4,7-8,12H,5-6,9H2. The summed E-state index contributed by atoms with van der Waals surface area (Å²) < 4.78 is 2.11. The molecule has 1 fully saturated rings. The number of hydrogen-bond donors (Lipinski definition) is 0. The molecule has 0 amide bonds. The van der Waals surface area contributed by atoms with Crippen LogP contribution in [0.15, 0.2) is 46.5 Å². The fourth-order valence-electron chi connectivity index (χ4n) is 1.86. The predicted molar refractivity (Wildman–Crippen MR) is 77.8 cm³/mol. The highest BCUT2D eigenvalue weighted by atomic mass is 35.5. The van der Waals surface area contributed by atoms with Crippen LogP contribution in [0.4, 0.5) is 0 Å². The minimum atomic E-state index is -0.171. The van der Waals surface area contributed by atoms with Crippen molar-refractivity contribution in [1.29, 1.82) is 0 Å². The maximum atomic E-state index is 11.4. The zero-order chi connectivity index (χ0) is 13.2. The fraction of sp³-hybridized carbons (Fsp3) is 0.286. The Balaban J connectivity index is 1.77. The summed E-state index contributed by atoms with van der Waals surface area (Å²) in [5.74, 6) is 0.792. The molecule has 0 saturated heterocycles. The molecule has 1 aromatic heterocycles. The Hall–Kier alpha value is -1.26. The highest BCUT2D eigenvalue weighted by Gasteiger charge is 2.25. The van der Waals surface area contributed by atoms with Crippen LogP contribution in [-0.2, 0) is 5.75 Å². The summed E-state index contributed by atoms with van der Waals surface area (Å²) >= 11 is 7.46. The summed E-state index contributed by atoms with van der Waals surface area (Å²) in [6, 6.07) is 9.81. The molecule has 0 unspecified atom stereocenters. The van der Waals surface area contributed by atoms with Crippen molar-refractivity contribution in [2.45, 2.75) is 29.8 Å². The first-order chi connectivity index (χ1) is 9.22. The van der Waals surface area contributed by atoms with Gasteiger partial charge in [0, 0.05) is 29.1 Å². The Morgan fingerprint density at radius 3 is 2.68 bits per heavy atom. The molecule has 0 aliphatic heterocycles. The minimum absolute atomic E-state index is 0.171. The summed E-state index contributed by atoms with van der Waals surface area (Å²) in [4.78, 5) is 15.5. The number of hydrogen-bond acceptors (Lipinski definition) is 3. The van der Waals surface area contributed by atoms with E-state index in [9.17, 15) is 4.79 Å². The normalized spacial score (nSPS) is 14.6. The Morgan fingerprint density at radius 1 is 1.26 bits per heavy atom. The second kappa shape index (κ2) is 5.39. The second-order valence-corrected chi connectivity index (χ2v) is 5.98. The molecule has 98 valence electrons. The van der Waals surface area contributed by atoms with Gasteiger partial charge in [0.1, 0.15) is 0 Å². The molecule has 3 nitrogen and oxygen atoms in total. The van der Waals surface area contributed by atoms with Gasteiger partial charge in [-0.1, -0.05) is 35.5 Å². The molecule has 2 aromatic rings. The Bertz CT molecular complexity index is 635. The van der Waals surface area contributed by atoms with E-state index in [2.05, 4.69) is 9.55 Å². The topological polar surface area (TPSA) is 34.9 Å². The lowest BCUT2D eigenvalue weighted by Crippen LogP contribution is -2.12. The Labute approximate surface area is 120 Å². The molecule has 1 aromatic carbocycles. The van der Waals surface area contributed by atoms with Crippen molar-refractivity contribution in [3.8, 4) is 0 Å². The fourth-order valence-corrected chi connectivity index (χ4v) is 2.99. The summed E-state index contributed by atoms with van der Waals surface area (Å²) in [5, 5.41) is 1.55. The predicted octanol–water partition coefficient (Wildman–Crippen LogP) is 3.52. The largest absolute Gasteiger partial charge is 0.324 e. The van der Waals surface area contributed by atoms with Crippen molar-refractivity contribution < 1.29 is 0 Å². The molecule has 0 bridgehead atoms. The molecular weight excluding hydrogens is 280 g/mol. The van der Waals surface area contributed by atoms with Gasteiger partial charge < -0.3 is 4.57 Å². The van der Waals surface area contributed by atoms with Gasteiger partial charge in [0.05, 0.1) is 0 Å². The van der Waals surface area contributed by atoms with E-state index < -0.39 is 0 Å². The monoisotopic (exact) mass is 292 g/mol. The second-order valence-electron chi connectivity index (χ2n) is 4.60. The summed E-state index contributed by atoms with van der Waals surface area (Å²) in [7, 11) is 0. The molecular formula is C14H13ClN2OS. The first-order valence-corrected chi connectivity index (χ1v) is 7.55. The van der Waals surface area contributed by atoms with Crippen LogP contribution in [0.5, 0.6) is 0 Å². The SMILES string of the molecule is O=c1ccn(C2CC2)c(SCc2ccc(Cl)cc2)n1. The molecule has 0 radical (unpaired) electrons. The first-order valence-electron chi connectivity index (χ1n) is 6.19. The van der Waals surface area contributed by atoms with Gasteiger partial charge in [-0.2, -0.15) is 4.98 Å². The number of benzene rings is 1. The van der Waals surface area contributed by atoms with Crippen molar-refractivity contribution in [2.24, 2.45) is 0 Å². The van der Waals surface area contributed by atoms with Crippen LogP contribution in [0, 0.1) is 0 Å². The van der Waals surface area contributed by atoms with E-state index in [4.69, 9.17) is 11.6 Å². The third kappa shape index (κ3) is 3.19. The third-order valence-corrected chi connectivity index (χ3v) is 4.32. The van der Waals surface area contributed by atoms with E-state index in [-0.39, 0.29) is 5.56 Å². The van der Waals surface area contributed by atoms with Crippen LogP contribution >= 0.6 is 23.4 Å². The van der Waals surface area contributed by atoms with Crippen molar-refractivity contribution >= 4 is 23.4 Å². The average Bonchev–Trinajstić information content (AvgIpc) is 3.23. The van der Waals surface area contributed by atoms with Crippen molar-refractivity contribution in [3.05, 3.63) is 57.5 Å². The molecule has 1 aliphatic rings. The van der Waals surface area contributed by atoms with E-state index in [1.807, 2.05) is 30.5 Å². The maximum Gasteiger partial charge on any atom is 0.273 e. The quantitative estimate of drug-likeness (QED) is 0.639. The minimum Gasteiger partial charge on any atom is -0.324 e. The van der Waals surface area contributed by atoms with Crippen LogP contribution in [0.1, 0.15) is 24.4 Å². The van der Waals surface area contributed by atoms with E-state index in [0.29, 0.717) is 6.04 Å². The number of thioether (sulfide) groups is 1. The lowest BCUT2D eigenvalue weighted by Gasteiger charge is -2.10. The molecule has 0 atom stereocenters. The molecule has 3 rings (SSSR count). The van der Waals surface area contributed by atoms with Gasteiger partial charge in [-0.3, -0.25) is 4.79 Å². The third-order valence-electron chi connectivity index (χ3n) is 3.03. The lowest BCUT2D eigenvalue weighted by molar-refractivity contribution is 0.624. The number of halogens is 1. The highest BCUT2D eigenvalue weighted by Crippen LogP contribution is 2.37. The lowest BCUT2D eigenvalue weighted by atomic mass is 10.2. The average molecular weight is 293 g/mol. The summed E-state index contributed by atoms with van der Waals surface area (Å²) in [5.41, 5.74) is 1.00. The van der Waals surface area contributed by atoms with E-state index in [1.54, 1.807) is 11.8 Å². The van der Waals surface area contributed by atoms with Gasteiger partial charge >= 0.3 is 0 Å². The van der Waals surface area contributed by atoms with E-state index in [0.717, 1.165) is 15.9 Å². The Morgan fingerprint density at radius 2 is 2.00 bits per heavy atom. The highest BCUT2D eigenvalue weighted by molar-refractivity contribution is 7.98. The molecule has 1 saturated carbocycles. The zero-order valence-electron chi connectivity index (χ0n) is 10.3. The van der Waals surface area contributed by atoms with Gasteiger partial charge in [-0.15, -0.1) is 0 Å². The van der Waals surface area contributed by atoms with Gasteiger partial charge in [0.15, 0.2) is 5.16 Å². The number of rotatable bonds is 4. The van der Waals surface area contributed by atoms with Crippen molar-refractivity contribution in [3.63, 3.8) is 0 Å². The summed E-state index contributed by atoms with van der Waals surface area (Å²) in [6.45, 7) is 0. The van der Waals surface area contributed by atoms with E-state index >= 15 is 0 Å². The van der Waals surface area contributed by atoms with Crippen LogP contribution < -0.4 is 5.56 Å². The molecule has 0 spiro atoms. The summed E-state index contributed by atoms with van der Waals surface area (Å²) in [6.07, 6.45) is 4.22. The van der Waals surface area contributed by atoms with E-state index in [1.165, 1.54) is 24.5 Å². The molecule has 1 aliphatic carbocycles. The van der Waals surface area contributed by atoms with Crippen molar-refractivity contribution in [2.75, 3.05) is 0 Å². The van der Waals surface area contributed by atoms with Gasteiger partial charge in [0.25, 0.3) is 5.56 Å². The molecule has 19 heavy (non-hydrogen) atoms. The van der Waals surface area contributed by atoms with Crippen molar-refractivity contribution in [1.82, 2.24) is 9.55 Å². The zero-order valence-corrected chi connectivity index (χ0v) is 11.8. The van der Waals surface area contributed by atoms with Gasteiger partial charge in [-0.05, 0) is 30.5 Å². The molecule has 5 heteroatoms. The molecule has 0 N–H and O–H groups in total. The molecule has 1 heterocycles. The van der Waals surface area contributed by atoms with Gasteiger partial charge in [0.2, 0.25) is 0 Å². The van der Waals surface area contributed by atoms with Crippen LogP contribution in [0.25, 0.3) is 0 Å². The van der Waals surface area contributed by atoms with Crippen LogP contribution in [0.3, 0.4) is 0 Å². The first kappa shape index (κ1) is 12.8. The maximum absolute atomic E-state index is 11.4. The number of aromatic nitrogens is 2. The number of nitrogens with zero attached hydrogens (tertiary/aromatic N) is 2.